The van der Waals surface area contributed by atoms with Crippen molar-refractivity contribution in [2.45, 2.75) is 50.8 Å². The molecule has 1 aliphatic carbocycles. The van der Waals surface area contributed by atoms with Crippen molar-refractivity contribution >= 4 is 28.8 Å². The Hall–Kier alpha value is -4.25. The average Bonchev–Trinajstić information content (AvgIpc) is 3.65. The van der Waals surface area contributed by atoms with Crippen molar-refractivity contribution in [1.82, 2.24) is 29.7 Å². The van der Waals surface area contributed by atoms with Crippen LogP contribution in [-0.2, 0) is 20.9 Å². The highest BCUT2D eigenvalue weighted by Gasteiger charge is 2.47. The highest BCUT2D eigenvalue weighted by Crippen LogP contribution is 2.33. The SMILES string of the molecule is CCNC(=O)C1OC(n2cnc3c(N)nc(C#CCN(Cc4ccc(OC)cc4)C(=O)C4CC4)nc32)[C@H](O)[C@@H]1O. The van der Waals surface area contributed by atoms with E-state index >= 15 is 0 Å². The van der Waals surface area contributed by atoms with Crippen molar-refractivity contribution in [3.8, 4) is 17.6 Å². The van der Waals surface area contributed by atoms with Gasteiger partial charge in [0.05, 0.1) is 20.0 Å². The van der Waals surface area contributed by atoms with Gasteiger partial charge in [-0.3, -0.25) is 14.2 Å². The summed E-state index contributed by atoms with van der Waals surface area (Å²) in [5.74, 6) is 6.26. The number of imidazole rings is 1. The molecule has 1 saturated heterocycles. The number of nitrogens with zero attached hydrogens (tertiary/aromatic N) is 5. The van der Waals surface area contributed by atoms with E-state index in [2.05, 4.69) is 32.1 Å². The topological polar surface area (TPSA) is 178 Å². The van der Waals surface area contributed by atoms with Gasteiger partial charge >= 0.3 is 0 Å². The Morgan fingerprint density at radius 3 is 2.65 bits per heavy atom. The maximum absolute atomic E-state index is 12.9. The van der Waals surface area contributed by atoms with Crippen molar-refractivity contribution in [3.63, 3.8) is 0 Å². The van der Waals surface area contributed by atoms with Gasteiger partial charge in [-0.25, -0.2) is 15.0 Å². The molecule has 13 heteroatoms. The first-order chi connectivity index (χ1) is 19.3. The molecule has 210 valence electrons. The van der Waals surface area contributed by atoms with E-state index in [0.717, 1.165) is 24.2 Å². The Labute approximate surface area is 230 Å². The van der Waals surface area contributed by atoms with E-state index in [-0.39, 0.29) is 41.2 Å². The number of hydrogen-bond donors (Lipinski definition) is 4. The number of ether oxygens (including phenoxy) is 2. The van der Waals surface area contributed by atoms with E-state index in [9.17, 15) is 19.8 Å². The van der Waals surface area contributed by atoms with Crippen molar-refractivity contribution in [2.75, 3.05) is 25.9 Å². The lowest BCUT2D eigenvalue weighted by Crippen LogP contribution is -2.42. The lowest BCUT2D eigenvalue weighted by atomic mass is 10.1. The maximum atomic E-state index is 12.9. The van der Waals surface area contributed by atoms with Crippen LogP contribution in [0.15, 0.2) is 30.6 Å². The van der Waals surface area contributed by atoms with Gasteiger partial charge < -0.3 is 35.6 Å². The first-order valence-corrected chi connectivity index (χ1v) is 13.0. The van der Waals surface area contributed by atoms with Crippen LogP contribution in [0.3, 0.4) is 0 Å². The first-order valence-electron chi connectivity index (χ1n) is 13.0. The number of aromatic nitrogens is 4. The third kappa shape index (κ3) is 5.55. The summed E-state index contributed by atoms with van der Waals surface area (Å²) in [5.41, 5.74) is 7.53. The first kappa shape index (κ1) is 27.3. The summed E-state index contributed by atoms with van der Waals surface area (Å²) in [6.45, 7) is 2.64. The van der Waals surface area contributed by atoms with Crippen LogP contribution in [0, 0.1) is 17.8 Å². The molecule has 2 aliphatic rings. The van der Waals surface area contributed by atoms with Crippen molar-refractivity contribution in [1.29, 1.82) is 0 Å². The fraction of sp³-hybridized carbons (Fsp3) is 0.444. The van der Waals surface area contributed by atoms with Crippen LogP contribution < -0.4 is 15.8 Å². The van der Waals surface area contributed by atoms with Gasteiger partial charge in [-0.1, -0.05) is 18.1 Å². The number of carbonyl (C=O) groups excluding carboxylic acids is 2. The molecule has 5 rings (SSSR count). The number of aliphatic hydroxyl groups is 2. The second-order valence-corrected chi connectivity index (χ2v) is 9.70. The number of hydrogen-bond acceptors (Lipinski definition) is 10. The van der Waals surface area contributed by atoms with Crippen LogP contribution >= 0.6 is 0 Å². The van der Waals surface area contributed by atoms with Crippen molar-refractivity contribution < 1.29 is 29.3 Å². The predicted octanol–water partition coefficient (Wildman–Crippen LogP) is -0.0373. The van der Waals surface area contributed by atoms with E-state index in [4.69, 9.17) is 15.2 Å². The van der Waals surface area contributed by atoms with Gasteiger partial charge in [-0.15, -0.1) is 0 Å². The zero-order valence-electron chi connectivity index (χ0n) is 22.1. The summed E-state index contributed by atoms with van der Waals surface area (Å²) < 4.78 is 12.3. The van der Waals surface area contributed by atoms with Crippen LogP contribution in [-0.4, -0.2) is 85.0 Å². The quantitative estimate of drug-likeness (QED) is 0.279. The van der Waals surface area contributed by atoms with Gasteiger partial charge in [0.25, 0.3) is 5.91 Å². The molecule has 1 saturated carbocycles. The second-order valence-electron chi connectivity index (χ2n) is 9.70. The molecule has 0 radical (unpaired) electrons. The monoisotopic (exact) mass is 549 g/mol. The molecule has 5 N–H and O–H groups in total. The molecular formula is C27H31N7O6. The third-order valence-corrected chi connectivity index (χ3v) is 6.81. The molecule has 2 aromatic heterocycles. The fourth-order valence-electron chi connectivity index (χ4n) is 4.53. The minimum Gasteiger partial charge on any atom is -0.497 e. The Morgan fingerprint density at radius 1 is 1.23 bits per heavy atom. The van der Waals surface area contributed by atoms with Crippen molar-refractivity contribution in [2.24, 2.45) is 5.92 Å². The summed E-state index contributed by atoms with van der Waals surface area (Å²) in [7, 11) is 1.60. The van der Waals surface area contributed by atoms with Crippen LogP contribution in [0.5, 0.6) is 5.75 Å². The van der Waals surface area contributed by atoms with Crippen molar-refractivity contribution in [3.05, 3.63) is 42.0 Å². The number of anilines is 1. The smallest absolute Gasteiger partial charge is 0.252 e. The summed E-state index contributed by atoms with van der Waals surface area (Å²) >= 11 is 0. The summed E-state index contributed by atoms with van der Waals surface area (Å²) in [5, 5.41) is 23.6. The number of nitrogen functional groups attached to an aromatic ring is 1. The van der Waals surface area contributed by atoms with Crippen LogP contribution in [0.25, 0.3) is 11.2 Å². The number of aliphatic hydroxyl groups excluding tert-OH is 2. The molecule has 4 atom stereocenters. The molecule has 2 unspecified atom stereocenters. The van der Waals surface area contributed by atoms with Crippen LogP contribution in [0.1, 0.15) is 37.4 Å². The highest BCUT2D eigenvalue weighted by atomic mass is 16.6. The lowest BCUT2D eigenvalue weighted by molar-refractivity contribution is -0.137. The largest absolute Gasteiger partial charge is 0.497 e. The fourth-order valence-corrected chi connectivity index (χ4v) is 4.53. The zero-order valence-corrected chi connectivity index (χ0v) is 22.1. The minimum absolute atomic E-state index is 0.0223. The predicted molar refractivity (Wildman–Crippen MR) is 142 cm³/mol. The Kier molecular flexibility index (Phi) is 7.83. The van der Waals surface area contributed by atoms with E-state index in [1.165, 1.54) is 10.9 Å². The van der Waals surface area contributed by atoms with E-state index < -0.39 is 30.4 Å². The molecule has 0 bridgehead atoms. The molecule has 2 amide bonds. The summed E-state index contributed by atoms with van der Waals surface area (Å²) in [6.07, 6.45) is -2.19. The number of methoxy groups -OCH3 is 1. The van der Waals surface area contributed by atoms with Gasteiger partial charge in [-0.05, 0) is 43.4 Å². The number of carbonyl (C=O) groups is 2. The van der Waals surface area contributed by atoms with Gasteiger partial charge in [-0.2, -0.15) is 0 Å². The highest BCUT2D eigenvalue weighted by molar-refractivity contribution is 5.83. The molecule has 3 aromatic rings. The Bertz CT molecular complexity index is 1460. The molecule has 3 heterocycles. The molecule has 1 aliphatic heterocycles. The average molecular weight is 550 g/mol. The standard InChI is InChI=1S/C27H31N7O6/c1-3-29-25(37)22-20(35)21(36)27(40-22)34-14-30-19-23(28)31-18(32-24(19)34)5-4-12-33(26(38)16-8-9-16)13-15-6-10-17(39-2)11-7-15/h6-7,10-11,14,16,20-22,27,35-36H,3,8-9,12-13H2,1-2H3,(H,29,37)(H2,28,31,32)/t20-,21+,22?,27?/m0/s1. The van der Waals surface area contributed by atoms with Gasteiger partial charge in [0.1, 0.15) is 23.5 Å². The minimum atomic E-state index is -1.45. The number of fused-ring (bicyclic) bond motifs is 1. The van der Waals surface area contributed by atoms with E-state index in [1.54, 1.807) is 18.9 Å². The Balaban J connectivity index is 1.37. The molecule has 40 heavy (non-hydrogen) atoms. The molecule has 1 aromatic carbocycles. The number of benzene rings is 1. The van der Waals surface area contributed by atoms with Gasteiger partial charge in [0.15, 0.2) is 23.8 Å². The number of nitrogens with one attached hydrogen (secondary N) is 1. The van der Waals surface area contributed by atoms with Crippen LogP contribution in [0.4, 0.5) is 5.82 Å². The summed E-state index contributed by atoms with van der Waals surface area (Å²) in [6, 6.07) is 7.51. The molecule has 2 fully saturated rings. The van der Waals surface area contributed by atoms with Gasteiger partial charge in [0.2, 0.25) is 11.7 Å². The second kappa shape index (κ2) is 11.5. The maximum Gasteiger partial charge on any atom is 0.252 e. The number of rotatable bonds is 8. The molecule has 0 spiro atoms. The zero-order chi connectivity index (χ0) is 28.4. The number of nitrogens with two attached hydrogens (primary N) is 1. The summed E-state index contributed by atoms with van der Waals surface area (Å²) in [4.78, 5) is 39.8. The van der Waals surface area contributed by atoms with E-state index in [1.807, 2.05) is 24.3 Å². The number of likely N-dealkylation sites (N-methyl/N-ethyl adjacent to an activating group) is 1. The normalized spacial score (nSPS) is 22.0. The third-order valence-electron chi connectivity index (χ3n) is 6.81. The molecule has 13 nitrogen and oxygen atoms in total. The number of amides is 2. The molecular weight excluding hydrogens is 518 g/mol. The van der Waals surface area contributed by atoms with Crippen LogP contribution in [0.2, 0.25) is 0 Å². The van der Waals surface area contributed by atoms with Gasteiger partial charge in [0, 0.05) is 19.0 Å². The lowest BCUT2D eigenvalue weighted by Gasteiger charge is -2.20. The van der Waals surface area contributed by atoms with E-state index in [0.29, 0.717) is 13.1 Å². The Morgan fingerprint density at radius 2 is 1.98 bits per heavy atom.